The Morgan fingerprint density at radius 3 is 2.57 bits per heavy atom. The molecule has 46 heavy (non-hydrogen) atoms. The number of aliphatic hydroxyl groups is 1. The molecule has 2 bridgehead atoms. The van der Waals surface area contributed by atoms with E-state index in [2.05, 4.69) is 34.4 Å². The van der Waals surface area contributed by atoms with Crippen molar-refractivity contribution in [1.29, 1.82) is 0 Å². The zero-order valence-corrected chi connectivity index (χ0v) is 28.3. The van der Waals surface area contributed by atoms with Gasteiger partial charge < -0.3 is 34.4 Å². The fourth-order valence-corrected chi connectivity index (χ4v) is 7.87. The smallest absolute Gasteiger partial charge is 0.312 e. The maximum Gasteiger partial charge on any atom is 0.312 e. The average molecular weight is 705 g/mol. The van der Waals surface area contributed by atoms with Gasteiger partial charge in [0.15, 0.2) is 0 Å². The van der Waals surface area contributed by atoms with Crippen molar-refractivity contribution in [3.8, 4) is 5.75 Å². The minimum Gasteiger partial charge on any atom is -0.497 e. The highest BCUT2D eigenvalue weighted by atomic mass is 79.9. The molecule has 3 aliphatic heterocycles. The second-order valence-corrected chi connectivity index (χ2v) is 13.3. The number of rotatable bonds is 18. The Kier molecular flexibility index (Phi) is 12.4. The van der Waals surface area contributed by atoms with Crippen molar-refractivity contribution in [2.24, 2.45) is 11.8 Å². The Morgan fingerprint density at radius 2 is 1.91 bits per heavy atom. The highest BCUT2D eigenvalue weighted by Gasteiger charge is 2.77. The first-order valence-corrected chi connectivity index (χ1v) is 16.9. The molecule has 1 aromatic rings. The van der Waals surface area contributed by atoms with Crippen LogP contribution in [0.15, 0.2) is 49.6 Å². The number of nitrogens with one attached hydrogen (secondary N) is 1. The maximum atomic E-state index is 14.7. The summed E-state index contributed by atoms with van der Waals surface area (Å²) in [6, 6.07) is 6.11. The SMILES string of the molecule is C=CCCC(=O)NC[C@H](C)OC(=O)[C@@H]1[C@H]2O[C@@]3(CC2Br)[C@H](C(=O)N(CC=C)c2ccc(OC)cc2)N(CCCCCCO)C(=O)[C@@H]13. The van der Waals surface area contributed by atoms with Crippen molar-refractivity contribution in [3.05, 3.63) is 49.6 Å². The lowest BCUT2D eigenvalue weighted by Crippen LogP contribution is -2.57. The van der Waals surface area contributed by atoms with Crippen molar-refractivity contribution in [2.75, 3.05) is 38.3 Å². The van der Waals surface area contributed by atoms with E-state index in [4.69, 9.17) is 14.2 Å². The van der Waals surface area contributed by atoms with E-state index >= 15 is 0 Å². The van der Waals surface area contributed by atoms with E-state index in [1.165, 1.54) is 0 Å². The standard InChI is InChI=1S/C34H46BrN3O8/c1-5-7-12-26(40)36-21-22(3)45-33(43)27-28-31(41)38(18-10-8-9-11-19-39)30(34(28)20-25(35)29(27)46-34)32(42)37(17-6-2)23-13-15-24(44-4)16-14-23/h5-6,13-16,22,25,27-30,39H,1-2,7-12,17-21H2,3-4H3,(H,36,40)/t22-,25?,27-,28+,29-,30-,34+/m0/s1. The van der Waals surface area contributed by atoms with Gasteiger partial charge in [-0.2, -0.15) is 0 Å². The summed E-state index contributed by atoms with van der Waals surface area (Å²) in [5.74, 6) is -2.57. The minimum absolute atomic E-state index is 0.0932. The zero-order chi connectivity index (χ0) is 33.4. The number of fused-ring (bicyclic) bond motifs is 1. The van der Waals surface area contributed by atoms with Gasteiger partial charge in [0.25, 0.3) is 5.91 Å². The van der Waals surface area contributed by atoms with Crippen LogP contribution in [-0.4, -0.2) is 95.7 Å². The molecule has 0 aliphatic carbocycles. The van der Waals surface area contributed by atoms with Crippen molar-refractivity contribution in [1.82, 2.24) is 10.2 Å². The molecule has 4 rings (SSSR count). The number of aliphatic hydroxyl groups excluding tert-OH is 1. The molecule has 0 saturated carbocycles. The van der Waals surface area contributed by atoms with E-state index in [9.17, 15) is 24.3 Å². The molecule has 11 nitrogen and oxygen atoms in total. The van der Waals surface area contributed by atoms with Crippen LogP contribution in [0, 0.1) is 11.8 Å². The van der Waals surface area contributed by atoms with E-state index in [0.29, 0.717) is 43.7 Å². The summed E-state index contributed by atoms with van der Waals surface area (Å²) < 4.78 is 17.7. The first-order chi connectivity index (χ1) is 22.1. The van der Waals surface area contributed by atoms with Crippen LogP contribution in [-0.2, 0) is 28.7 Å². The number of alkyl halides is 1. The molecule has 252 valence electrons. The number of carbonyl (C=O) groups excluding carboxylic acids is 4. The monoisotopic (exact) mass is 703 g/mol. The summed E-state index contributed by atoms with van der Waals surface area (Å²) in [4.78, 5) is 57.7. The first-order valence-electron chi connectivity index (χ1n) is 16.0. The summed E-state index contributed by atoms with van der Waals surface area (Å²) in [5, 5.41) is 12.0. The van der Waals surface area contributed by atoms with Gasteiger partial charge in [0.05, 0.1) is 31.6 Å². The number of benzene rings is 1. The van der Waals surface area contributed by atoms with Crippen LogP contribution in [0.4, 0.5) is 5.69 Å². The predicted molar refractivity (Wildman–Crippen MR) is 177 cm³/mol. The van der Waals surface area contributed by atoms with E-state index < -0.39 is 41.7 Å². The molecule has 3 saturated heterocycles. The largest absolute Gasteiger partial charge is 0.497 e. The summed E-state index contributed by atoms with van der Waals surface area (Å²) in [6.07, 6.45) is 6.03. The quantitative estimate of drug-likeness (QED) is 0.103. The minimum atomic E-state index is -1.24. The number of amides is 3. The molecule has 3 heterocycles. The molecule has 3 aliphatic rings. The van der Waals surface area contributed by atoms with Crippen LogP contribution in [0.1, 0.15) is 51.9 Å². The number of likely N-dealkylation sites (tertiary alicyclic amines) is 1. The number of hydrogen-bond acceptors (Lipinski definition) is 8. The fourth-order valence-electron chi connectivity index (χ4n) is 6.93. The number of unbranched alkanes of at least 4 members (excludes halogenated alkanes) is 3. The highest BCUT2D eigenvalue weighted by Crippen LogP contribution is 2.60. The number of allylic oxidation sites excluding steroid dienone is 1. The van der Waals surface area contributed by atoms with Gasteiger partial charge in [-0.15, -0.1) is 13.2 Å². The van der Waals surface area contributed by atoms with Gasteiger partial charge in [0, 0.05) is 36.6 Å². The topological polar surface area (TPSA) is 135 Å². The molecule has 3 amide bonds. The lowest BCUT2D eigenvalue weighted by molar-refractivity contribution is -0.159. The van der Waals surface area contributed by atoms with E-state index in [1.54, 1.807) is 60.3 Å². The van der Waals surface area contributed by atoms with Crippen LogP contribution >= 0.6 is 15.9 Å². The van der Waals surface area contributed by atoms with Crippen molar-refractivity contribution in [3.63, 3.8) is 0 Å². The Balaban J connectivity index is 1.62. The van der Waals surface area contributed by atoms with Crippen molar-refractivity contribution in [2.45, 2.75) is 80.5 Å². The van der Waals surface area contributed by atoms with Gasteiger partial charge in [-0.1, -0.05) is 40.9 Å². The average Bonchev–Trinajstić information content (AvgIpc) is 3.64. The first kappa shape index (κ1) is 35.6. The number of hydrogen-bond donors (Lipinski definition) is 2. The molecule has 0 aromatic heterocycles. The van der Waals surface area contributed by atoms with Crippen LogP contribution < -0.4 is 15.0 Å². The lowest BCUT2D eigenvalue weighted by atomic mass is 9.70. The van der Waals surface area contributed by atoms with Crippen molar-refractivity contribution < 1.29 is 38.5 Å². The summed E-state index contributed by atoms with van der Waals surface area (Å²) in [5.41, 5.74) is -0.626. The van der Waals surface area contributed by atoms with Crippen LogP contribution in [0.3, 0.4) is 0 Å². The van der Waals surface area contributed by atoms with Gasteiger partial charge in [0.1, 0.15) is 23.5 Å². The molecule has 12 heteroatoms. The third kappa shape index (κ3) is 7.34. The van der Waals surface area contributed by atoms with Gasteiger partial charge in [-0.25, -0.2) is 0 Å². The normalized spacial score (nSPS) is 26.7. The van der Waals surface area contributed by atoms with Crippen LogP contribution in [0.25, 0.3) is 0 Å². The molecular weight excluding hydrogens is 658 g/mol. The highest BCUT2D eigenvalue weighted by molar-refractivity contribution is 9.09. The predicted octanol–water partition coefficient (Wildman–Crippen LogP) is 3.53. The molecule has 7 atom stereocenters. The molecule has 3 fully saturated rings. The Labute approximate surface area is 279 Å². The molecule has 1 unspecified atom stereocenters. The molecule has 1 spiro atoms. The van der Waals surface area contributed by atoms with Gasteiger partial charge in [-0.05, 0) is 56.9 Å². The fraction of sp³-hybridized carbons (Fsp3) is 0.588. The molecular formula is C34H46BrN3O8. The Bertz CT molecular complexity index is 1280. The van der Waals surface area contributed by atoms with Crippen LogP contribution in [0.5, 0.6) is 5.75 Å². The summed E-state index contributed by atoms with van der Waals surface area (Å²) in [7, 11) is 1.57. The van der Waals surface area contributed by atoms with Crippen molar-refractivity contribution >= 4 is 45.3 Å². The number of halogens is 1. The van der Waals surface area contributed by atoms with E-state index in [1.807, 2.05) is 0 Å². The summed E-state index contributed by atoms with van der Waals surface area (Å²) >= 11 is 3.70. The number of esters is 1. The Hall–Kier alpha value is -3.22. The van der Waals surface area contributed by atoms with Gasteiger partial charge in [-0.3, -0.25) is 19.2 Å². The molecule has 1 aromatic carbocycles. The zero-order valence-electron chi connectivity index (χ0n) is 26.7. The summed E-state index contributed by atoms with van der Waals surface area (Å²) in [6.45, 7) is 9.89. The molecule has 2 N–H and O–H groups in total. The lowest BCUT2D eigenvalue weighted by Gasteiger charge is -2.37. The Morgan fingerprint density at radius 1 is 1.20 bits per heavy atom. The van der Waals surface area contributed by atoms with E-state index in [-0.39, 0.29) is 48.7 Å². The number of ether oxygens (including phenoxy) is 3. The third-order valence-corrected chi connectivity index (χ3v) is 9.89. The van der Waals surface area contributed by atoms with Gasteiger partial charge in [0.2, 0.25) is 11.8 Å². The number of methoxy groups -OCH3 is 1. The second-order valence-electron chi connectivity index (χ2n) is 12.1. The molecule has 0 radical (unpaired) electrons. The second kappa shape index (κ2) is 16.1. The third-order valence-electron chi connectivity index (χ3n) is 9.04. The number of nitrogens with zero attached hydrogens (tertiary/aromatic N) is 2. The maximum absolute atomic E-state index is 14.7. The number of anilines is 1. The van der Waals surface area contributed by atoms with Crippen LogP contribution in [0.2, 0.25) is 0 Å². The number of carbonyl (C=O) groups is 4. The van der Waals surface area contributed by atoms with Gasteiger partial charge >= 0.3 is 5.97 Å². The van der Waals surface area contributed by atoms with E-state index in [0.717, 1.165) is 12.8 Å².